The second kappa shape index (κ2) is 12.3. The van der Waals surface area contributed by atoms with Crippen LogP contribution >= 0.6 is 0 Å². The lowest BCUT2D eigenvalue weighted by Crippen LogP contribution is -2.39. The predicted octanol–water partition coefficient (Wildman–Crippen LogP) is 4.91. The molecule has 0 saturated carbocycles. The van der Waals surface area contributed by atoms with E-state index in [4.69, 9.17) is 5.10 Å². The van der Waals surface area contributed by atoms with Crippen molar-refractivity contribution in [3.63, 3.8) is 0 Å². The zero-order valence-electron chi connectivity index (χ0n) is 22.2. The molecule has 7 nitrogen and oxygen atoms in total. The Hall–Kier alpha value is -3.50. The lowest BCUT2D eigenvalue weighted by atomic mass is 9.91. The molecule has 2 aromatic carbocycles. The fourth-order valence-corrected chi connectivity index (χ4v) is 5.52. The van der Waals surface area contributed by atoms with Gasteiger partial charge in [-0.2, -0.15) is 18.3 Å². The van der Waals surface area contributed by atoms with Crippen molar-refractivity contribution < 1.29 is 27.5 Å². The largest absolute Gasteiger partial charge is 0.491 e. The first kappa shape index (κ1) is 28.0. The Kier molecular flexibility index (Phi) is 8.66. The van der Waals surface area contributed by atoms with E-state index in [0.717, 1.165) is 53.7 Å². The van der Waals surface area contributed by atoms with E-state index in [9.17, 15) is 22.8 Å². The number of piperidine rings is 2. The Balaban J connectivity index is 1.31. The van der Waals surface area contributed by atoms with Crippen LogP contribution in [0.15, 0.2) is 54.6 Å². The number of nitrogens with zero attached hydrogens (tertiary/aromatic N) is 3. The van der Waals surface area contributed by atoms with Gasteiger partial charge in [0, 0.05) is 11.3 Å². The number of rotatable bonds is 7. The molecule has 1 N–H and O–H groups in total. The van der Waals surface area contributed by atoms with Crippen LogP contribution in [0.2, 0.25) is 0 Å². The minimum absolute atomic E-state index is 0.139. The molecule has 10 heteroatoms. The predicted molar refractivity (Wildman–Crippen MR) is 145 cm³/mol. The molecule has 0 bridgehead atoms. The molecule has 3 heterocycles. The summed E-state index contributed by atoms with van der Waals surface area (Å²) in [4.78, 5) is 24.5. The summed E-state index contributed by atoms with van der Waals surface area (Å²) in [5.74, 6) is -2.95. The van der Waals surface area contributed by atoms with E-state index < -0.39 is 18.1 Å². The highest BCUT2D eigenvalue weighted by molar-refractivity contribution is 5.89. The number of esters is 2. The number of hydrogen-bond donors (Lipinski definition) is 1. The zero-order valence-corrected chi connectivity index (χ0v) is 22.2. The molecule has 2 aliphatic rings. The van der Waals surface area contributed by atoms with Gasteiger partial charge in [-0.15, -0.1) is 0 Å². The van der Waals surface area contributed by atoms with E-state index in [-0.39, 0.29) is 12.5 Å². The summed E-state index contributed by atoms with van der Waals surface area (Å²) >= 11 is 0. The van der Waals surface area contributed by atoms with Gasteiger partial charge in [0.05, 0.1) is 24.3 Å². The minimum atomic E-state index is -5.19. The van der Waals surface area contributed by atoms with Gasteiger partial charge in [0.1, 0.15) is 0 Å². The first-order valence-electron chi connectivity index (χ1n) is 13.7. The molecule has 0 unspecified atom stereocenters. The zero-order chi connectivity index (χ0) is 28.1. The van der Waals surface area contributed by atoms with Gasteiger partial charge in [-0.3, -0.25) is 14.4 Å². The number of likely N-dealkylation sites (tertiary alicyclic amines) is 1. The molecule has 5 rings (SSSR count). The number of benzene rings is 2. The fourth-order valence-electron chi connectivity index (χ4n) is 5.52. The highest BCUT2D eigenvalue weighted by atomic mass is 19.4. The number of halogens is 3. The molecular formula is C30H33F3N4O3. The van der Waals surface area contributed by atoms with Gasteiger partial charge in [0.25, 0.3) is 0 Å². The fraction of sp³-hybridized carbons (Fsp3) is 0.433. The molecule has 2 saturated heterocycles. The van der Waals surface area contributed by atoms with Crippen LogP contribution in [-0.2, 0) is 20.9 Å². The minimum Gasteiger partial charge on any atom is -0.385 e. The summed E-state index contributed by atoms with van der Waals surface area (Å²) < 4.78 is 43.2. The number of allylic oxidation sites excluding steroid dienone is 1. The molecule has 0 aliphatic carbocycles. The molecule has 0 amide bonds. The molecule has 40 heavy (non-hydrogen) atoms. The molecule has 2 fully saturated rings. The molecule has 0 atom stereocenters. The van der Waals surface area contributed by atoms with Crippen LogP contribution in [0.3, 0.4) is 0 Å². The third-order valence-corrected chi connectivity index (χ3v) is 7.69. The standard InChI is InChI=1S/C30H33F3N4O3/c31-30(32,33)29(39)40-27(38)20-36-16-12-24(13-17-36)28-25-9-8-22(7-6-21-10-14-34-15-11-21)18-26(25)37(35-28)19-23-4-2-1-3-5-23/h1-9,18,21,24,34H,10-17,19-20H2. The van der Waals surface area contributed by atoms with Gasteiger partial charge in [-0.1, -0.05) is 54.6 Å². The Morgan fingerprint density at radius 3 is 2.45 bits per heavy atom. The Labute approximate surface area is 231 Å². The number of hydrogen-bond acceptors (Lipinski definition) is 6. The summed E-state index contributed by atoms with van der Waals surface area (Å²) in [6, 6.07) is 16.6. The van der Waals surface area contributed by atoms with Crippen LogP contribution < -0.4 is 5.32 Å². The number of aromatic nitrogens is 2. The molecule has 0 spiro atoms. The van der Waals surface area contributed by atoms with Crippen LogP contribution in [0.5, 0.6) is 0 Å². The third kappa shape index (κ3) is 6.98. The van der Waals surface area contributed by atoms with Crippen molar-refractivity contribution in [1.29, 1.82) is 0 Å². The molecule has 2 aliphatic heterocycles. The van der Waals surface area contributed by atoms with Crippen LogP contribution in [0.4, 0.5) is 13.2 Å². The highest BCUT2D eigenvalue weighted by Crippen LogP contribution is 2.34. The number of alkyl halides is 3. The molecule has 3 aromatic rings. The number of ether oxygens (including phenoxy) is 1. The Bertz CT molecular complexity index is 1360. The average Bonchev–Trinajstić information content (AvgIpc) is 3.30. The van der Waals surface area contributed by atoms with E-state index in [1.807, 2.05) is 22.9 Å². The van der Waals surface area contributed by atoms with E-state index in [1.54, 1.807) is 4.90 Å². The van der Waals surface area contributed by atoms with Crippen LogP contribution in [-0.4, -0.2) is 65.5 Å². The van der Waals surface area contributed by atoms with Crippen molar-refractivity contribution in [2.45, 2.75) is 44.3 Å². The smallest absolute Gasteiger partial charge is 0.385 e. The van der Waals surface area contributed by atoms with Crippen LogP contribution in [0.1, 0.15) is 48.4 Å². The van der Waals surface area contributed by atoms with Gasteiger partial charge in [-0.05, 0) is 75.0 Å². The second-order valence-corrected chi connectivity index (χ2v) is 10.6. The summed E-state index contributed by atoms with van der Waals surface area (Å²) in [6.45, 7) is 3.36. The normalized spacial score (nSPS) is 18.0. The third-order valence-electron chi connectivity index (χ3n) is 7.69. The number of carbonyl (C=O) groups excluding carboxylic acids is 2. The Morgan fingerprint density at radius 1 is 1.02 bits per heavy atom. The maximum absolute atomic E-state index is 12.4. The first-order chi connectivity index (χ1) is 19.3. The van der Waals surface area contributed by atoms with Crippen LogP contribution in [0, 0.1) is 5.92 Å². The van der Waals surface area contributed by atoms with E-state index in [0.29, 0.717) is 38.4 Å². The lowest BCUT2D eigenvalue weighted by molar-refractivity contribution is -0.202. The molecule has 212 valence electrons. The van der Waals surface area contributed by atoms with Crippen LogP contribution in [0.25, 0.3) is 17.0 Å². The van der Waals surface area contributed by atoms with Gasteiger partial charge >= 0.3 is 18.1 Å². The first-order valence-corrected chi connectivity index (χ1v) is 13.7. The quantitative estimate of drug-likeness (QED) is 0.331. The average molecular weight is 555 g/mol. The van der Waals surface area contributed by atoms with Crippen molar-refractivity contribution in [3.05, 3.63) is 71.4 Å². The lowest BCUT2D eigenvalue weighted by Gasteiger charge is -2.30. The SMILES string of the molecule is O=C(CN1CCC(c2nn(Cc3ccccc3)c3cc(C=CC4CCNCC4)ccc23)CC1)OC(=O)C(F)(F)F. The maximum atomic E-state index is 12.4. The second-order valence-electron chi connectivity index (χ2n) is 10.6. The molecular weight excluding hydrogens is 521 g/mol. The highest BCUT2D eigenvalue weighted by Gasteiger charge is 2.42. The number of fused-ring (bicyclic) bond motifs is 1. The monoisotopic (exact) mass is 554 g/mol. The van der Waals surface area contributed by atoms with Crippen molar-refractivity contribution in [2.24, 2.45) is 5.92 Å². The van der Waals surface area contributed by atoms with Gasteiger partial charge < -0.3 is 10.1 Å². The van der Waals surface area contributed by atoms with Crippen molar-refractivity contribution in [2.75, 3.05) is 32.7 Å². The van der Waals surface area contributed by atoms with Crippen molar-refractivity contribution in [3.8, 4) is 0 Å². The molecule has 0 radical (unpaired) electrons. The molecule has 1 aromatic heterocycles. The van der Waals surface area contributed by atoms with Gasteiger partial charge in [-0.25, -0.2) is 4.79 Å². The summed E-state index contributed by atoms with van der Waals surface area (Å²) in [5.41, 5.74) is 4.33. The number of nitrogens with one attached hydrogen (secondary N) is 1. The van der Waals surface area contributed by atoms with Crippen molar-refractivity contribution >= 4 is 28.9 Å². The van der Waals surface area contributed by atoms with Gasteiger partial charge in [0.15, 0.2) is 0 Å². The summed E-state index contributed by atoms with van der Waals surface area (Å²) in [5, 5.41) is 9.54. The number of carbonyl (C=O) groups is 2. The van der Waals surface area contributed by atoms with Gasteiger partial charge in [0.2, 0.25) is 0 Å². The summed E-state index contributed by atoms with van der Waals surface area (Å²) in [6.07, 6.45) is 2.99. The Morgan fingerprint density at radius 2 is 1.75 bits per heavy atom. The van der Waals surface area contributed by atoms with E-state index >= 15 is 0 Å². The van der Waals surface area contributed by atoms with Crippen molar-refractivity contribution in [1.82, 2.24) is 20.0 Å². The topological polar surface area (TPSA) is 76.5 Å². The maximum Gasteiger partial charge on any atom is 0.491 e. The van der Waals surface area contributed by atoms with E-state index in [1.165, 1.54) is 0 Å². The van der Waals surface area contributed by atoms with E-state index in [2.05, 4.69) is 52.5 Å². The summed E-state index contributed by atoms with van der Waals surface area (Å²) in [7, 11) is 0.